The fourth-order valence-electron chi connectivity index (χ4n) is 4.46. The molecule has 1 aliphatic rings. The third kappa shape index (κ3) is 6.14. The summed E-state index contributed by atoms with van der Waals surface area (Å²) >= 11 is 0. The van der Waals surface area contributed by atoms with E-state index in [1.165, 1.54) is 12.1 Å². The van der Waals surface area contributed by atoms with Crippen molar-refractivity contribution in [1.29, 1.82) is 0 Å². The Morgan fingerprint density at radius 1 is 1.09 bits per heavy atom. The number of hydrogen-bond donors (Lipinski definition) is 1. The zero-order chi connectivity index (χ0) is 25.2. The van der Waals surface area contributed by atoms with Crippen LogP contribution in [0.1, 0.15) is 12.7 Å². The highest BCUT2D eigenvalue weighted by molar-refractivity contribution is 6.07. The Morgan fingerprint density at radius 2 is 1.83 bits per heavy atom. The highest BCUT2D eigenvalue weighted by Gasteiger charge is 2.31. The average Bonchev–Trinajstić information content (AvgIpc) is 3.16. The van der Waals surface area contributed by atoms with Crippen molar-refractivity contribution in [2.75, 3.05) is 72.3 Å². The van der Waals surface area contributed by atoms with Crippen molar-refractivity contribution in [2.24, 2.45) is 0 Å². The molecule has 0 unspecified atom stereocenters. The molecule has 1 N–H and O–H groups in total. The molecule has 0 atom stereocenters. The molecule has 3 heterocycles. The van der Waals surface area contributed by atoms with E-state index in [0.717, 1.165) is 74.5 Å². The van der Waals surface area contributed by atoms with Crippen LogP contribution < -0.4 is 10.1 Å². The molecule has 11 heteroatoms. The number of nitrogens with zero attached hydrogens (tertiary/aromatic N) is 6. The lowest BCUT2D eigenvalue weighted by atomic mass is 10.1. The molecule has 1 aromatic carbocycles. The second kappa shape index (κ2) is 10.5. The van der Waals surface area contributed by atoms with Gasteiger partial charge in [0, 0.05) is 70.2 Å². The van der Waals surface area contributed by atoms with Gasteiger partial charge in [0.2, 0.25) is 0 Å². The number of aryl methyl sites for hydroxylation is 1. The van der Waals surface area contributed by atoms with E-state index >= 15 is 0 Å². The molecule has 0 aliphatic carbocycles. The molecular weight excluding hydrogens is 459 g/mol. The summed E-state index contributed by atoms with van der Waals surface area (Å²) in [6.07, 6.45) is -4.02. The highest BCUT2D eigenvalue weighted by Crippen LogP contribution is 2.33. The number of likely N-dealkylation sites (N-methyl/N-ethyl adjacent to an activating group) is 2. The van der Waals surface area contributed by atoms with Crippen LogP contribution in [-0.4, -0.2) is 103 Å². The summed E-state index contributed by atoms with van der Waals surface area (Å²) in [5.74, 6) is 1.23. The molecule has 0 radical (unpaired) electrons. The van der Waals surface area contributed by atoms with Gasteiger partial charge in [-0.05, 0) is 33.3 Å². The van der Waals surface area contributed by atoms with E-state index in [1.54, 1.807) is 6.07 Å². The van der Waals surface area contributed by atoms with Crippen molar-refractivity contribution >= 4 is 27.8 Å². The Hall–Kier alpha value is -2.63. The number of anilines is 1. The number of halogens is 3. The first-order valence-corrected chi connectivity index (χ1v) is 12.0. The molecule has 2 aromatic heterocycles. The van der Waals surface area contributed by atoms with Crippen LogP contribution in [0.25, 0.3) is 21.9 Å². The Morgan fingerprint density at radius 3 is 2.49 bits per heavy atom. The molecule has 4 rings (SSSR count). The van der Waals surface area contributed by atoms with Gasteiger partial charge in [-0.3, -0.25) is 4.90 Å². The summed E-state index contributed by atoms with van der Waals surface area (Å²) in [6, 6.07) is 4.35. The van der Waals surface area contributed by atoms with Crippen molar-refractivity contribution in [1.82, 2.24) is 29.2 Å². The monoisotopic (exact) mass is 493 g/mol. The molecular formula is C24H34F3N7O. The molecule has 0 saturated carbocycles. The maximum Gasteiger partial charge on any atom is 0.573 e. The van der Waals surface area contributed by atoms with Crippen LogP contribution in [0.2, 0.25) is 0 Å². The van der Waals surface area contributed by atoms with E-state index in [2.05, 4.69) is 43.4 Å². The number of piperazine rings is 1. The van der Waals surface area contributed by atoms with Gasteiger partial charge in [-0.2, -0.15) is 0 Å². The van der Waals surface area contributed by atoms with Crippen LogP contribution in [0.5, 0.6) is 5.75 Å². The van der Waals surface area contributed by atoms with Crippen LogP contribution in [0.15, 0.2) is 18.2 Å². The van der Waals surface area contributed by atoms with Gasteiger partial charge in [0.25, 0.3) is 0 Å². The summed E-state index contributed by atoms with van der Waals surface area (Å²) in [6.45, 7) is 9.23. The zero-order valence-corrected chi connectivity index (χ0v) is 20.8. The zero-order valence-electron chi connectivity index (χ0n) is 20.8. The minimum absolute atomic E-state index is 0.282. The van der Waals surface area contributed by atoms with Gasteiger partial charge in [0.1, 0.15) is 17.1 Å². The molecule has 3 aromatic rings. The first-order valence-electron chi connectivity index (χ1n) is 12.0. The summed E-state index contributed by atoms with van der Waals surface area (Å²) in [7, 11) is 6.10. The number of fused-ring (bicyclic) bond motifs is 3. The smallest absolute Gasteiger partial charge is 0.406 e. The van der Waals surface area contributed by atoms with Gasteiger partial charge >= 0.3 is 6.36 Å². The molecule has 0 spiro atoms. The van der Waals surface area contributed by atoms with Crippen LogP contribution in [0, 0.1) is 0 Å². The normalized spacial score (nSPS) is 16.0. The predicted octanol–water partition coefficient (Wildman–Crippen LogP) is 3.27. The quantitative estimate of drug-likeness (QED) is 0.491. The molecule has 0 amide bonds. The minimum Gasteiger partial charge on any atom is -0.406 e. The average molecular weight is 494 g/mol. The largest absolute Gasteiger partial charge is 0.573 e. The summed E-state index contributed by atoms with van der Waals surface area (Å²) in [5.41, 5.74) is 2.08. The SMILES string of the molecule is CCc1nc2c(NCCN(C)C)nc3cc(OC(F)(F)F)ccc3c2n1CCN1CCN(C)CC1. The van der Waals surface area contributed by atoms with E-state index in [1.807, 2.05) is 19.0 Å². The fourth-order valence-corrected chi connectivity index (χ4v) is 4.46. The van der Waals surface area contributed by atoms with Crippen LogP contribution in [-0.2, 0) is 13.0 Å². The topological polar surface area (TPSA) is 61.7 Å². The highest BCUT2D eigenvalue weighted by atomic mass is 19.4. The summed E-state index contributed by atoms with van der Waals surface area (Å²) in [4.78, 5) is 16.4. The Bertz CT molecular complexity index is 1150. The molecule has 8 nitrogen and oxygen atoms in total. The lowest BCUT2D eigenvalue weighted by Gasteiger charge is -2.32. The number of ether oxygens (including phenoxy) is 1. The summed E-state index contributed by atoms with van der Waals surface area (Å²) < 4.78 is 44.9. The first kappa shape index (κ1) is 25.5. The maximum atomic E-state index is 12.8. The number of hydrogen-bond acceptors (Lipinski definition) is 7. The number of alkyl halides is 3. The van der Waals surface area contributed by atoms with Gasteiger partial charge in [-0.25, -0.2) is 9.97 Å². The molecule has 1 saturated heterocycles. The van der Waals surface area contributed by atoms with Gasteiger partial charge in [-0.15, -0.1) is 13.2 Å². The van der Waals surface area contributed by atoms with Crippen LogP contribution >= 0.6 is 0 Å². The lowest BCUT2D eigenvalue weighted by Crippen LogP contribution is -2.45. The molecule has 35 heavy (non-hydrogen) atoms. The van der Waals surface area contributed by atoms with E-state index in [4.69, 9.17) is 4.98 Å². The second-order valence-corrected chi connectivity index (χ2v) is 9.29. The van der Waals surface area contributed by atoms with E-state index < -0.39 is 6.36 Å². The van der Waals surface area contributed by atoms with Crippen molar-refractivity contribution in [2.45, 2.75) is 26.3 Å². The number of aromatic nitrogens is 3. The minimum atomic E-state index is -4.76. The predicted molar refractivity (Wildman–Crippen MR) is 132 cm³/mol. The van der Waals surface area contributed by atoms with Crippen molar-refractivity contribution in [3.63, 3.8) is 0 Å². The molecule has 192 valence electrons. The number of nitrogens with one attached hydrogen (secondary N) is 1. The van der Waals surface area contributed by atoms with Gasteiger partial charge in [0.15, 0.2) is 5.82 Å². The Balaban J connectivity index is 1.76. The van der Waals surface area contributed by atoms with E-state index in [0.29, 0.717) is 17.9 Å². The molecule has 1 aliphatic heterocycles. The number of imidazole rings is 1. The van der Waals surface area contributed by atoms with Crippen molar-refractivity contribution < 1.29 is 17.9 Å². The molecule has 0 bridgehead atoms. The van der Waals surface area contributed by atoms with Crippen molar-refractivity contribution in [3.8, 4) is 5.75 Å². The van der Waals surface area contributed by atoms with E-state index in [-0.39, 0.29) is 5.75 Å². The Kier molecular flexibility index (Phi) is 7.67. The van der Waals surface area contributed by atoms with Crippen LogP contribution in [0.3, 0.4) is 0 Å². The lowest BCUT2D eigenvalue weighted by molar-refractivity contribution is -0.274. The van der Waals surface area contributed by atoms with Crippen molar-refractivity contribution in [3.05, 3.63) is 24.0 Å². The standard InChI is InChI=1S/C24H34F3N7O/c1-5-20-30-21-22(34(20)15-14-33-12-10-32(4)11-13-33)18-7-6-17(35-24(25,26)27)16-19(18)29-23(21)28-8-9-31(2)3/h6-7,16H,5,8-15H2,1-4H3,(H,28,29). The third-order valence-electron chi connectivity index (χ3n) is 6.36. The number of rotatable bonds is 9. The van der Waals surface area contributed by atoms with Gasteiger partial charge in [-0.1, -0.05) is 6.92 Å². The van der Waals surface area contributed by atoms with E-state index in [9.17, 15) is 13.2 Å². The van der Waals surface area contributed by atoms with Crippen LogP contribution in [0.4, 0.5) is 19.0 Å². The number of pyridine rings is 1. The second-order valence-electron chi connectivity index (χ2n) is 9.29. The third-order valence-corrected chi connectivity index (χ3v) is 6.36. The first-order chi connectivity index (χ1) is 16.6. The summed E-state index contributed by atoms with van der Waals surface area (Å²) in [5, 5.41) is 4.11. The maximum absolute atomic E-state index is 12.8. The fraction of sp³-hybridized carbons (Fsp3) is 0.583. The van der Waals surface area contributed by atoms with Gasteiger partial charge in [0.05, 0.1) is 11.0 Å². The molecule has 1 fully saturated rings. The Labute approximate surface area is 203 Å². The van der Waals surface area contributed by atoms with Gasteiger partial charge < -0.3 is 24.4 Å². The number of benzene rings is 1.